The molecule has 0 aromatic heterocycles. The zero-order chi connectivity index (χ0) is 11.6. The van der Waals surface area contributed by atoms with E-state index >= 15 is 0 Å². The van der Waals surface area contributed by atoms with Crippen LogP contribution in [0.5, 0.6) is 0 Å². The number of rotatable bonds is 2. The van der Waals surface area contributed by atoms with Crippen molar-refractivity contribution in [2.45, 2.75) is 52.8 Å². The summed E-state index contributed by atoms with van der Waals surface area (Å²) in [6.07, 6.45) is 0. The van der Waals surface area contributed by atoms with E-state index in [0.29, 0.717) is 22.6 Å². The van der Waals surface area contributed by atoms with E-state index in [4.69, 9.17) is 0 Å². The Morgan fingerprint density at radius 2 is 1.93 bits per heavy atom. The summed E-state index contributed by atoms with van der Waals surface area (Å²) in [5.41, 5.74) is 0.291. The molecule has 1 N–H and O–H groups in total. The van der Waals surface area contributed by atoms with Crippen molar-refractivity contribution in [3.05, 3.63) is 0 Å². The Morgan fingerprint density at radius 3 is 2.33 bits per heavy atom. The number of hydrogen-bond donors (Lipinski definition) is 1. The summed E-state index contributed by atoms with van der Waals surface area (Å²) in [7, 11) is 0. The molecule has 0 radical (unpaired) electrons. The lowest BCUT2D eigenvalue weighted by atomic mass is 9.88. The van der Waals surface area contributed by atoms with Crippen LogP contribution in [-0.4, -0.2) is 23.0 Å². The molecule has 1 heterocycles. The lowest BCUT2D eigenvalue weighted by Gasteiger charge is -2.28. The predicted octanol–water partition coefficient (Wildman–Crippen LogP) is 3.14. The van der Waals surface area contributed by atoms with Crippen molar-refractivity contribution in [2.75, 3.05) is 6.54 Å². The molecule has 0 saturated heterocycles. The molecule has 15 heavy (non-hydrogen) atoms. The first-order valence-corrected chi connectivity index (χ1v) is 6.66. The van der Waals surface area contributed by atoms with Gasteiger partial charge in [0.15, 0.2) is 5.17 Å². The Balaban J connectivity index is 2.43. The lowest BCUT2D eigenvalue weighted by molar-refractivity contribution is 0.317. The Hall–Kier alpha value is -0.180. The second-order valence-corrected chi connectivity index (χ2v) is 7.01. The molecule has 1 aliphatic heterocycles. The monoisotopic (exact) mass is 228 g/mol. The molecular formula is C12H24N2S. The molecule has 0 aromatic rings. The van der Waals surface area contributed by atoms with Crippen molar-refractivity contribution in [1.82, 2.24) is 5.32 Å². The van der Waals surface area contributed by atoms with E-state index in [2.05, 4.69) is 51.9 Å². The van der Waals surface area contributed by atoms with Crippen LogP contribution in [0.25, 0.3) is 0 Å². The van der Waals surface area contributed by atoms with Crippen LogP contribution in [0.15, 0.2) is 4.99 Å². The molecular weight excluding hydrogens is 204 g/mol. The van der Waals surface area contributed by atoms with Crippen molar-refractivity contribution in [1.29, 1.82) is 0 Å². The second-order valence-electron chi connectivity index (χ2n) is 5.78. The summed E-state index contributed by atoms with van der Waals surface area (Å²) in [6, 6.07) is 0.467. The topological polar surface area (TPSA) is 24.4 Å². The van der Waals surface area contributed by atoms with E-state index in [0.717, 1.165) is 11.7 Å². The molecule has 0 fully saturated rings. The van der Waals surface area contributed by atoms with Crippen molar-refractivity contribution < 1.29 is 0 Å². The van der Waals surface area contributed by atoms with E-state index in [9.17, 15) is 0 Å². The highest BCUT2D eigenvalue weighted by atomic mass is 32.2. The van der Waals surface area contributed by atoms with Gasteiger partial charge in [0.05, 0.1) is 6.54 Å². The molecule has 0 aromatic carbocycles. The standard InChI is InChI=1S/C12H24N2S/c1-8(2)10-7-13-11(15-10)14-9(3)12(4,5)6/h8-10H,7H2,1-6H3,(H,13,14). The maximum atomic E-state index is 4.56. The Kier molecular flexibility index (Phi) is 4.10. The van der Waals surface area contributed by atoms with Gasteiger partial charge in [-0.25, -0.2) is 0 Å². The highest BCUT2D eigenvalue weighted by Crippen LogP contribution is 2.27. The van der Waals surface area contributed by atoms with Crippen LogP contribution in [0.2, 0.25) is 0 Å². The maximum absolute atomic E-state index is 4.56. The third kappa shape index (κ3) is 3.71. The molecule has 88 valence electrons. The summed E-state index contributed by atoms with van der Waals surface area (Å²) in [5.74, 6) is 0.711. The summed E-state index contributed by atoms with van der Waals surface area (Å²) >= 11 is 1.90. The third-order valence-corrected chi connectivity index (χ3v) is 4.53. The number of nitrogens with zero attached hydrogens (tertiary/aromatic N) is 1. The third-order valence-electron chi connectivity index (χ3n) is 3.06. The van der Waals surface area contributed by atoms with Crippen LogP contribution in [0.3, 0.4) is 0 Å². The second kappa shape index (κ2) is 4.77. The number of nitrogens with one attached hydrogen (secondary N) is 1. The number of aliphatic imine (C=N–C) groups is 1. The van der Waals surface area contributed by atoms with Crippen molar-refractivity contribution in [2.24, 2.45) is 16.3 Å². The van der Waals surface area contributed by atoms with Gasteiger partial charge in [-0.3, -0.25) is 4.99 Å². The van der Waals surface area contributed by atoms with Crippen LogP contribution >= 0.6 is 11.8 Å². The van der Waals surface area contributed by atoms with Gasteiger partial charge in [-0.2, -0.15) is 0 Å². The normalized spacial score (nSPS) is 24.2. The largest absolute Gasteiger partial charge is 0.362 e. The smallest absolute Gasteiger partial charge is 0.157 e. The molecule has 2 unspecified atom stereocenters. The quantitative estimate of drug-likeness (QED) is 0.785. The molecule has 0 spiro atoms. The zero-order valence-corrected chi connectivity index (χ0v) is 11.6. The van der Waals surface area contributed by atoms with Gasteiger partial charge >= 0.3 is 0 Å². The molecule has 1 rings (SSSR count). The minimum Gasteiger partial charge on any atom is -0.362 e. The van der Waals surface area contributed by atoms with Crippen LogP contribution < -0.4 is 5.32 Å². The highest BCUT2D eigenvalue weighted by molar-refractivity contribution is 8.14. The van der Waals surface area contributed by atoms with Gasteiger partial charge in [-0.05, 0) is 18.3 Å². The average molecular weight is 228 g/mol. The Labute approximate surface area is 98.3 Å². The van der Waals surface area contributed by atoms with Gasteiger partial charge in [0.25, 0.3) is 0 Å². The Bertz CT molecular complexity index is 240. The number of thioether (sulfide) groups is 1. The van der Waals surface area contributed by atoms with Gasteiger partial charge < -0.3 is 5.32 Å². The SMILES string of the molecule is CC(C)C1CN=C(NC(C)C(C)(C)C)S1. The molecule has 0 aliphatic carbocycles. The summed E-state index contributed by atoms with van der Waals surface area (Å²) < 4.78 is 0. The summed E-state index contributed by atoms with van der Waals surface area (Å²) in [4.78, 5) is 4.56. The van der Waals surface area contributed by atoms with Crippen molar-refractivity contribution >= 4 is 16.9 Å². The molecule has 0 amide bonds. The van der Waals surface area contributed by atoms with Crippen molar-refractivity contribution in [3.8, 4) is 0 Å². The number of amidine groups is 1. The van der Waals surface area contributed by atoms with Gasteiger partial charge in [0.1, 0.15) is 0 Å². The summed E-state index contributed by atoms with van der Waals surface area (Å²) in [6.45, 7) is 14.5. The first-order chi connectivity index (χ1) is 6.80. The first-order valence-electron chi connectivity index (χ1n) is 5.78. The first kappa shape index (κ1) is 12.9. The van der Waals surface area contributed by atoms with Crippen LogP contribution in [0, 0.1) is 11.3 Å². The minimum atomic E-state index is 0.291. The van der Waals surface area contributed by atoms with Crippen LogP contribution in [0.1, 0.15) is 41.5 Å². The van der Waals surface area contributed by atoms with E-state index in [-0.39, 0.29) is 0 Å². The van der Waals surface area contributed by atoms with E-state index in [1.54, 1.807) is 0 Å². The predicted molar refractivity (Wildman–Crippen MR) is 70.6 cm³/mol. The summed E-state index contributed by atoms with van der Waals surface area (Å²) in [5, 5.41) is 5.32. The van der Waals surface area contributed by atoms with Gasteiger partial charge in [-0.15, -0.1) is 0 Å². The fourth-order valence-electron chi connectivity index (χ4n) is 1.22. The van der Waals surface area contributed by atoms with Crippen molar-refractivity contribution in [3.63, 3.8) is 0 Å². The molecule has 0 bridgehead atoms. The molecule has 0 saturated carbocycles. The number of hydrogen-bond acceptors (Lipinski definition) is 3. The average Bonchev–Trinajstić information content (AvgIpc) is 2.50. The fraction of sp³-hybridized carbons (Fsp3) is 0.917. The highest BCUT2D eigenvalue weighted by Gasteiger charge is 2.26. The van der Waals surface area contributed by atoms with E-state index in [1.807, 2.05) is 11.8 Å². The molecule has 2 nitrogen and oxygen atoms in total. The molecule has 2 atom stereocenters. The lowest BCUT2D eigenvalue weighted by Crippen LogP contribution is -2.40. The minimum absolute atomic E-state index is 0.291. The van der Waals surface area contributed by atoms with E-state index < -0.39 is 0 Å². The van der Waals surface area contributed by atoms with E-state index in [1.165, 1.54) is 0 Å². The van der Waals surface area contributed by atoms with Crippen LogP contribution in [0.4, 0.5) is 0 Å². The van der Waals surface area contributed by atoms with Gasteiger partial charge in [-0.1, -0.05) is 46.4 Å². The van der Waals surface area contributed by atoms with Gasteiger partial charge in [0, 0.05) is 11.3 Å². The zero-order valence-electron chi connectivity index (χ0n) is 10.8. The molecule has 3 heteroatoms. The molecule has 1 aliphatic rings. The van der Waals surface area contributed by atoms with Gasteiger partial charge in [0.2, 0.25) is 0 Å². The van der Waals surface area contributed by atoms with Crippen LogP contribution in [-0.2, 0) is 0 Å². The Morgan fingerprint density at radius 1 is 1.33 bits per heavy atom. The fourth-order valence-corrected chi connectivity index (χ4v) is 2.32. The maximum Gasteiger partial charge on any atom is 0.157 e.